The first-order valence-corrected chi connectivity index (χ1v) is 7.47. The van der Waals surface area contributed by atoms with E-state index >= 15 is 0 Å². The lowest BCUT2D eigenvalue weighted by Crippen LogP contribution is -2.32. The molecule has 0 atom stereocenters. The predicted molar refractivity (Wildman–Crippen MR) is 80.6 cm³/mol. The van der Waals surface area contributed by atoms with Crippen molar-refractivity contribution in [3.05, 3.63) is 51.7 Å². The van der Waals surface area contributed by atoms with E-state index in [1.807, 2.05) is 19.1 Å². The molecule has 0 N–H and O–H groups in total. The third kappa shape index (κ3) is 3.22. The van der Waals surface area contributed by atoms with Gasteiger partial charge in [-0.05, 0) is 38.0 Å². The summed E-state index contributed by atoms with van der Waals surface area (Å²) in [6, 6.07) is 5.61. The molecule has 6 heteroatoms. The fourth-order valence-corrected chi connectivity index (χ4v) is 2.46. The summed E-state index contributed by atoms with van der Waals surface area (Å²) in [6.45, 7) is 2.34. The van der Waals surface area contributed by atoms with Gasteiger partial charge in [0.2, 0.25) is 0 Å². The van der Waals surface area contributed by atoms with Crippen molar-refractivity contribution in [2.45, 2.75) is 32.4 Å². The van der Waals surface area contributed by atoms with Gasteiger partial charge in [-0.3, -0.25) is 4.79 Å². The highest BCUT2D eigenvalue weighted by Crippen LogP contribution is 2.31. The number of hydrogen-bond donors (Lipinski definition) is 0. The van der Waals surface area contributed by atoms with Gasteiger partial charge in [0.1, 0.15) is 16.7 Å². The minimum Gasteiger partial charge on any atom is -0.464 e. The van der Waals surface area contributed by atoms with Gasteiger partial charge in [-0.15, -0.1) is 0 Å². The summed E-state index contributed by atoms with van der Waals surface area (Å²) in [7, 11) is 0. The Kier molecular flexibility index (Phi) is 3.91. The quantitative estimate of drug-likeness (QED) is 0.795. The Bertz CT molecular complexity index is 680. The Morgan fingerprint density at radius 2 is 2.19 bits per heavy atom. The molecule has 0 bridgehead atoms. The molecule has 0 aromatic carbocycles. The summed E-state index contributed by atoms with van der Waals surface area (Å²) >= 11 is 11.7. The van der Waals surface area contributed by atoms with Crippen LogP contribution in [-0.2, 0) is 6.54 Å². The molecule has 1 saturated carbocycles. The van der Waals surface area contributed by atoms with Gasteiger partial charge in [-0.2, -0.15) is 0 Å². The molecular formula is C15H14Cl2N2O2. The van der Waals surface area contributed by atoms with Crippen LogP contribution in [0.5, 0.6) is 0 Å². The number of amides is 1. The lowest BCUT2D eigenvalue weighted by molar-refractivity contribution is 0.0716. The van der Waals surface area contributed by atoms with Crippen LogP contribution in [0.3, 0.4) is 0 Å². The van der Waals surface area contributed by atoms with E-state index in [9.17, 15) is 4.79 Å². The average Bonchev–Trinajstić information content (AvgIpc) is 3.21. The summed E-state index contributed by atoms with van der Waals surface area (Å²) in [4.78, 5) is 18.4. The monoisotopic (exact) mass is 324 g/mol. The standard InChI is InChI=1S/C15H14Cl2N2O2/c1-9-2-5-12(21-9)8-19(11-3-4-11)15(20)10-6-13(16)14(17)18-7-10/h2,5-7,11H,3-4,8H2,1H3. The van der Waals surface area contributed by atoms with Crippen LogP contribution in [0.2, 0.25) is 10.2 Å². The molecule has 0 aliphatic heterocycles. The van der Waals surface area contributed by atoms with Crippen LogP contribution in [0.25, 0.3) is 0 Å². The summed E-state index contributed by atoms with van der Waals surface area (Å²) in [5, 5.41) is 0.486. The topological polar surface area (TPSA) is 46.3 Å². The van der Waals surface area contributed by atoms with Crippen molar-refractivity contribution in [2.75, 3.05) is 0 Å². The largest absolute Gasteiger partial charge is 0.464 e. The van der Waals surface area contributed by atoms with E-state index in [1.54, 1.807) is 11.0 Å². The molecule has 0 spiro atoms. The van der Waals surface area contributed by atoms with Crippen LogP contribution < -0.4 is 0 Å². The molecule has 1 aliphatic carbocycles. The van der Waals surface area contributed by atoms with Gasteiger partial charge in [0.05, 0.1) is 17.1 Å². The molecule has 2 aromatic heterocycles. The fraction of sp³-hybridized carbons (Fsp3) is 0.333. The zero-order valence-electron chi connectivity index (χ0n) is 11.5. The smallest absolute Gasteiger partial charge is 0.256 e. The summed E-state index contributed by atoms with van der Waals surface area (Å²) < 4.78 is 5.56. The average molecular weight is 325 g/mol. The second-order valence-corrected chi connectivity index (χ2v) is 5.94. The Morgan fingerprint density at radius 3 is 2.76 bits per heavy atom. The molecule has 0 unspecified atom stereocenters. The van der Waals surface area contributed by atoms with Crippen LogP contribution in [0.1, 0.15) is 34.7 Å². The van der Waals surface area contributed by atoms with Gasteiger partial charge < -0.3 is 9.32 Å². The van der Waals surface area contributed by atoms with E-state index < -0.39 is 0 Å². The van der Waals surface area contributed by atoms with Crippen molar-refractivity contribution in [2.24, 2.45) is 0 Å². The van der Waals surface area contributed by atoms with Crippen LogP contribution in [-0.4, -0.2) is 21.8 Å². The fourth-order valence-electron chi connectivity index (χ4n) is 2.19. The van der Waals surface area contributed by atoms with Gasteiger partial charge in [-0.1, -0.05) is 23.2 Å². The first-order chi connectivity index (χ1) is 10.0. The van der Waals surface area contributed by atoms with E-state index in [2.05, 4.69) is 4.98 Å². The zero-order chi connectivity index (χ0) is 15.0. The highest BCUT2D eigenvalue weighted by atomic mass is 35.5. The minimum absolute atomic E-state index is 0.0994. The van der Waals surface area contributed by atoms with Gasteiger partial charge in [0, 0.05) is 12.2 Å². The molecule has 1 amide bonds. The van der Waals surface area contributed by atoms with E-state index in [-0.39, 0.29) is 22.1 Å². The lowest BCUT2D eigenvalue weighted by Gasteiger charge is -2.21. The van der Waals surface area contributed by atoms with Crippen molar-refractivity contribution >= 4 is 29.1 Å². The number of rotatable bonds is 4. The highest BCUT2D eigenvalue weighted by Gasteiger charge is 2.34. The van der Waals surface area contributed by atoms with Crippen molar-refractivity contribution < 1.29 is 9.21 Å². The van der Waals surface area contributed by atoms with Crippen molar-refractivity contribution in [3.63, 3.8) is 0 Å². The van der Waals surface area contributed by atoms with E-state index in [1.165, 1.54) is 6.20 Å². The SMILES string of the molecule is Cc1ccc(CN(C(=O)c2cnc(Cl)c(Cl)c2)C2CC2)o1. The number of halogens is 2. The van der Waals surface area contributed by atoms with Gasteiger partial charge >= 0.3 is 0 Å². The normalized spacial score (nSPS) is 14.2. The molecule has 3 rings (SSSR count). The molecule has 2 heterocycles. The first kappa shape index (κ1) is 14.4. The summed E-state index contributed by atoms with van der Waals surface area (Å²) in [5.41, 5.74) is 0.444. The number of nitrogens with zero attached hydrogens (tertiary/aromatic N) is 2. The molecule has 21 heavy (non-hydrogen) atoms. The highest BCUT2D eigenvalue weighted by molar-refractivity contribution is 6.41. The molecular weight excluding hydrogens is 311 g/mol. The number of pyridine rings is 1. The van der Waals surface area contributed by atoms with E-state index in [4.69, 9.17) is 27.6 Å². The number of aromatic nitrogens is 1. The summed E-state index contributed by atoms with van der Waals surface area (Å²) in [6.07, 6.45) is 3.49. The van der Waals surface area contributed by atoms with Gasteiger partial charge in [0.15, 0.2) is 0 Å². The van der Waals surface area contributed by atoms with Crippen LogP contribution >= 0.6 is 23.2 Å². The third-order valence-corrected chi connectivity index (χ3v) is 4.10. The van der Waals surface area contributed by atoms with Gasteiger partial charge in [0.25, 0.3) is 5.91 Å². The summed E-state index contributed by atoms with van der Waals surface area (Å²) in [5.74, 6) is 1.52. The van der Waals surface area contributed by atoms with Crippen LogP contribution in [0.4, 0.5) is 0 Å². The zero-order valence-corrected chi connectivity index (χ0v) is 13.0. The van der Waals surface area contributed by atoms with Crippen LogP contribution in [0, 0.1) is 6.92 Å². The second-order valence-electron chi connectivity index (χ2n) is 5.17. The number of aryl methyl sites for hydroxylation is 1. The predicted octanol–water partition coefficient (Wildman–Crippen LogP) is 4.09. The number of hydrogen-bond acceptors (Lipinski definition) is 3. The maximum atomic E-state index is 12.6. The van der Waals surface area contributed by atoms with Crippen molar-refractivity contribution in [1.82, 2.24) is 9.88 Å². The Labute approximate surface area is 132 Å². The lowest BCUT2D eigenvalue weighted by atomic mass is 10.2. The number of furan rings is 1. The van der Waals surface area contributed by atoms with Crippen LogP contribution in [0.15, 0.2) is 28.8 Å². The van der Waals surface area contributed by atoms with E-state index in [0.29, 0.717) is 12.1 Å². The molecule has 1 fully saturated rings. The second kappa shape index (κ2) is 5.70. The molecule has 0 saturated heterocycles. The van der Waals surface area contributed by atoms with E-state index in [0.717, 1.165) is 24.4 Å². The Hall–Kier alpha value is -1.52. The minimum atomic E-state index is -0.0994. The van der Waals surface area contributed by atoms with Crippen molar-refractivity contribution in [1.29, 1.82) is 0 Å². The van der Waals surface area contributed by atoms with Crippen molar-refractivity contribution in [3.8, 4) is 0 Å². The first-order valence-electron chi connectivity index (χ1n) is 6.72. The third-order valence-electron chi connectivity index (χ3n) is 3.41. The molecule has 1 aliphatic rings. The maximum Gasteiger partial charge on any atom is 0.256 e. The Balaban J connectivity index is 1.83. The maximum absolute atomic E-state index is 12.6. The molecule has 110 valence electrons. The number of carbonyl (C=O) groups is 1. The molecule has 2 aromatic rings. The molecule has 0 radical (unpaired) electrons. The Morgan fingerprint density at radius 1 is 1.43 bits per heavy atom. The number of carbonyl (C=O) groups excluding carboxylic acids is 1. The van der Waals surface area contributed by atoms with Gasteiger partial charge in [-0.25, -0.2) is 4.98 Å². The molecule has 4 nitrogen and oxygen atoms in total.